The van der Waals surface area contributed by atoms with Gasteiger partial charge in [-0.2, -0.15) is 0 Å². The van der Waals surface area contributed by atoms with E-state index in [-0.39, 0.29) is 5.78 Å². The Labute approximate surface area is 122 Å². The van der Waals surface area contributed by atoms with Crippen molar-refractivity contribution >= 4 is 27.8 Å². The van der Waals surface area contributed by atoms with E-state index in [1.54, 1.807) is 0 Å². The molecule has 1 aliphatic rings. The van der Waals surface area contributed by atoms with E-state index in [1.165, 1.54) is 0 Å². The van der Waals surface area contributed by atoms with E-state index in [2.05, 4.69) is 0 Å². The minimum Gasteiger partial charge on any atom is -0.398 e. The Hall–Kier alpha value is -2.87. The van der Waals surface area contributed by atoms with Crippen LogP contribution in [0.15, 0.2) is 66.7 Å². The summed E-state index contributed by atoms with van der Waals surface area (Å²) in [7, 11) is 0. The predicted molar refractivity (Wildman–Crippen MR) is 85.7 cm³/mol. The predicted octanol–water partition coefficient (Wildman–Crippen LogP) is 3.86. The van der Waals surface area contributed by atoms with Gasteiger partial charge in [0.1, 0.15) is 0 Å². The van der Waals surface area contributed by atoms with Gasteiger partial charge in [0.05, 0.1) is 11.3 Å². The lowest BCUT2D eigenvalue weighted by molar-refractivity contribution is 0.105. The highest BCUT2D eigenvalue weighted by Gasteiger charge is 2.26. The monoisotopic (exact) mass is 271 g/mol. The van der Waals surface area contributed by atoms with Gasteiger partial charge >= 0.3 is 0 Å². The van der Waals surface area contributed by atoms with Crippen molar-refractivity contribution in [2.24, 2.45) is 5.73 Å². The highest BCUT2D eigenvalue weighted by atomic mass is 16.1. The van der Waals surface area contributed by atoms with E-state index in [1.807, 2.05) is 66.7 Å². The maximum absolute atomic E-state index is 12.9. The van der Waals surface area contributed by atoms with Crippen molar-refractivity contribution in [1.29, 1.82) is 0 Å². The molecule has 2 nitrogen and oxygen atoms in total. The first kappa shape index (κ1) is 11.9. The molecule has 0 aliphatic heterocycles. The lowest BCUT2D eigenvalue weighted by Crippen LogP contribution is -2.16. The molecule has 0 unspecified atom stereocenters. The molecule has 4 rings (SSSR count). The van der Waals surface area contributed by atoms with Crippen LogP contribution in [0.1, 0.15) is 21.5 Å². The number of benzene rings is 3. The van der Waals surface area contributed by atoms with Crippen LogP contribution in [-0.4, -0.2) is 5.78 Å². The van der Waals surface area contributed by atoms with Gasteiger partial charge in [-0.05, 0) is 10.9 Å². The molecule has 0 saturated carbocycles. The molecule has 1 aliphatic carbocycles. The zero-order valence-electron chi connectivity index (χ0n) is 11.3. The van der Waals surface area contributed by atoms with Crippen LogP contribution >= 0.6 is 0 Å². The Kier molecular flexibility index (Phi) is 2.45. The van der Waals surface area contributed by atoms with E-state index in [9.17, 15) is 4.79 Å². The Morgan fingerprint density at radius 1 is 0.714 bits per heavy atom. The van der Waals surface area contributed by atoms with Crippen LogP contribution in [0.5, 0.6) is 0 Å². The first-order valence-electron chi connectivity index (χ1n) is 6.89. The van der Waals surface area contributed by atoms with Gasteiger partial charge < -0.3 is 5.73 Å². The van der Waals surface area contributed by atoms with Crippen LogP contribution in [0.4, 0.5) is 0 Å². The van der Waals surface area contributed by atoms with Crippen LogP contribution in [0.25, 0.3) is 22.0 Å². The summed E-state index contributed by atoms with van der Waals surface area (Å²) in [5.41, 5.74) is 10.0. The van der Waals surface area contributed by atoms with Gasteiger partial charge in [0.15, 0.2) is 5.78 Å². The largest absolute Gasteiger partial charge is 0.398 e. The van der Waals surface area contributed by atoms with Crippen LogP contribution in [-0.2, 0) is 0 Å². The summed E-state index contributed by atoms with van der Waals surface area (Å²) in [6.07, 6.45) is 0. The Morgan fingerprint density at radius 2 is 1.38 bits per heavy atom. The summed E-state index contributed by atoms with van der Waals surface area (Å²) < 4.78 is 0. The molecule has 3 aromatic rings. The number of carbonyl (C=O) groups is 1. The number of rotatable bonds is 1. The fraction of sp³-hybridized carbons (Fsp3) is 0. The van der Waals surface area contributed by atoms with Crippen LogP contribution < -0.4 is 5.73 Å². The van der Waals surface area contributed by atoms with Gasteiger partial charge in [-0.1, -0.05) is 66.7 Å². The summed E-state index contributed by atoms with van der Waals surface area (Å²) in [6, 6.07) is 21.4. The highest BCUT2D eigenvalue weighted by Crippen LogP contribution is 2.37. The van der Waals surface area contributed by atoms with Crippen molar-refractivity contribution in [3.05, 3.63) is 83.4 Å². The van der Waals surface area contributed by atoms with E-state index in [4.69, 9.17) is 5.73 Å². The topological polar surface area (TPSA) is 43.1 Å². The molecule has 100 valence electrons. The summed E-state index contributed by atoms with van der Waals surface area (Å²) in [4.78, 5) is 12.9. The van der Waals surface area contributed by atoms with Crippen LogP contribution in [0.2, 0.25) is 0 Å². The Morgan fingerprint density at radius 3 is 2.10 bits per heavy atom. The summed E-state index contributed by atoms with van der Waals surface area (Å²) in [5, 5.41) is 2.01. The van der Waals surface area contributed by atoms with Gasteiger partial charge in [-0.25, -0.2) is 0 Å². The zero-order valence-corrected chi connectivity index (χ0v) is 11.3. The number of carbonyl (C=O) groups excluding carboxylic acids is 1. The summed E-state index contributed by atoms with van der Waals surface area (Å²) in [6.45, 7) is 0. The lowest BCUT2D eigenvalue weighted by Gasteiger charge is -2.21. The molecular formula is C19H13NO. The van der Waals surface area contributed by atoms with Gasteiger partial charge in [0.25, 0.3) is 0 Å². The minimum absolute atomic E-state index is 0.00278. The van der Waals surface area contributed by atoms with Crippen molar-refractivity contribution in [3.8, 4) is 0 Å². The smallest absolute Gasteiger partial charge is 0.196 e. The van der Waals surface area contributed by atoms with Crippen molar-refractivity contribution in [2.75, 3.05) is 0 Å². The van der Waals surface area contributed by atoms with Crippen molar-refractivity contribution < 1.29 is 4.79 Å². The normalized spacial score (nSPS) is 13.8. The molecule has 0 fully saturated rings. The SMILES string of the molecule is NC1=C(c2ccccc2)C(=O)c2cccc3cccc1c23. The fourth-order valence-corrected chi connectivity index (χ4v) is 3.04. The van der Waals surface area contributed by atoms with E-state index >= 15 is 0 Å². The first-order chi connectivity index (χ1) is 10.3. The maximum Gasteiger partial charge on any atom is 0.196 e. The van der Waals surface area contributed by atoms with E-state index < -0.39 is 0 Å². The third-order valence-electron chi connectivity index (χ3n) is 4.00. The molecule has 0 radical (unpaired) electrons. The second kappa shape index (κ2) is 4.32. The van der Waals surface area contributed by atoms with E-state index in [0.717, 1.165) is 27.5 Å². The second-order valence-corrected chi connectivity index (χ2v) is 5.19. The number of hydrogen-bond acceptors (Lipinski definition) is 2. The van der Waals surface area contributed by atoms with Crippen LogP contribution in [0, 0.1) is 0 Å². The minimum atomic E-state index is 0.00278. The second-order valence-electron chi connectivity index (χ2n) is 5.19. The van der Waals surface area contributed by atoms with Crippen molar-refractivity contribution in [3.63, 3.8) is 0 Å². The van der Waals surface area contributed by atoms with Crippen LogP contribution in [0.3, 0.4) is 0 Å². The molecule has 0 spiro atoms. The first-order valence-corrected chi connectivity index (χ1v) is 6.89. The van der Waals surface area contributed by atoms with Crippen molar-refractivity contribution in [2.45, 2.75) is 0 Å². The third-order valence-corrected chi connectivity index (χ3v) is 4.00. The summed E-state index contributed by atoms with van der Waals surface area (Å²) >= 11 is 0. The highest BCUT2D eigenvalue weighted by molar-refractivity contribution is 6.40. The molecule has 0 saturated heterocycles. The average molecular weight is 271 g/mol. The average Bonchev–Trinajstić information content (AvgIpc) is 2.54. The molecule has 0 amide bonds. The fourth-order valence-electron chi connectivity index (χ4n) is 3.04. The molecule has 0 atom stereocenters. The van der Waals surface area contributed by atoms with Gasteiger partial charge in [-0.3, -0.25) is 4.79 Å². The molecule has 2 heteroatoms. The quantitative estimate of drug-likeness (QED) is 0.730. The summed E-state index contributed by atoms with van der Waals surface area (Å²) in [5.74, 6) is 0.00278. The molecule has 2 N–H and O–H groups in total. The third kappa shape index (κ3) is 1.62. The molecule has 0 bridgehead atoms. The molecular weight excluding hydrogens is 258 g/mol. The molecule has 0 heterocycles. The standard InChI is InChI=1S/C19H13NO/c20-18-14-10-4-8-12-9-5-11-15(16(12)14)19(21)17(18)13-6-2-1-3-7-13/h1-11H,20H2. The number of nitrogens with two attached hydrogens (primary N) is 1. The molecule has 3 aromatic carbocycles. The number of allylic oxidation sites excluding steroid dienone is 1. The van der Waals surface area contributed by atoms with E-state index in [0.29, 0.717) is 11.3 Å². The number of Topliss-reactive ketones (excluding diaryl/α,β-unsaturated/α-hetero) is 1. The van der Waals surface area contributed by atoms with Gasteiger partial charge in [0, 0.05) is 16.5 Å². The van der Waals surface area contributed by atoms with Gasteiger partial charge in [0.2, 0.25) is 0 Å². The lowest BCUT2D eigenvalue weighted by atomic mass is 9.83. The Bertz CT molecular complexity index is 902. The number of ketones is 1. The zero-order chi connectivity index (χ0) is 14.4. The molecule has 0 aromatic heterocycles. The maximum atomic E-state index is 12.9. The molecule has 21 heavy (non-hydrogen) atoms. The Balaban J connectivity index is 2.11. The van der Waals surface area contributed by atoms with Gasteiger partial charge in [-0.15, -0.1) is 0 Å². The van der Waals surface area contributed by atoms with Crippen molar-refractivity contribution in [1.82, 2.24) is 0 Å². The number of hydrogen-bond donors (Lipinski definition) is 1.